The number of ketones is 1. The smallest absolute Gasteiger partial charge is 0.186 e. The topological polar surface area (TPSA) is 17.1 Å². The Labute approximate surface area is 125 Å². The maximum absolute atomic E-state index is 11.9. The molecule has 0 amide bonds. The lowest BCUT2D eigenvalue weighted by Gasteiger charge is -1.97. The Morgan fingerprint density at radius 2 is 1.68 bits per heavy atom. The minimum absolute atomic E-state index is 0.0320. The van der Waals surface area contributed by atoms with Crippen LogP contribution in [0.1, 0.15) is 15.9 Å². The fourth-order valence-electron chi connectivity index (χ4n) is 1.50. The Morgan fingerprint density at radius 1 is 1.05 bits per heavy atom. The lowest BCUT2D eigenvalue weighted by atomic mass is 10.1. The number of hydrogen-bond acceptors (Lipinski definition) is 2. The number of rotatable bonds is 4. The predicted molar refractivity (Wildman–Crippen MR) is 84.6 cm³/mol. The zero-order chi connectivity index (χ0) is 13.7. The lowest BCUT2D eigenvalue weighted by molar-refractivity contribution is 0.104. The maximum Gasteiger partial charge on any atom is 0.186 e. The van der Waals surface area contributed by atoms with Crippen molar-refractivity contribution in [3.8, 4) is 0 Å². The van der Waals surface area contributed by atoms with Crippen LogP contribution in [0.5, 0.6) is 0 Å². The van der Waals surface area contributed by atoms with Gasteiger partial charge in [0.2, 0.25) is 0 Å². The van der Waals surface area contributed by atoms with Gasteiger partial charge in [0.15, 0.2) is 5.78 Å². The number of carbonyl (C=O) groups excluding carboxylic acids is 1. The van der Waals surface area contributed by atoms with Crippen molar-refractivity contribution in [1.82, 2.24) is 0 Å². The lowest BCUT2D eigenvalue weighted by Crippen LogP contribution is -1.93. The molecule has 0 bridgehead atoms. The molecule has 0 heterocycles. The molecule has 0 unspecified atom stereocenters. The summed E-state index contributed by atoms with van der Waals surface area (Å²) in [6, 6.07) is 15.6. The normalized spacial score (nSPS) is 10.8. The van der Waals surface area contributed by atoms with Crippen molar-refractivity contribution in [2.75, 3.05) is 0 Å². The van der Waals surface area contributed by atoms with Crippen LogP contribution >= 0.6 is 27.7 Å². The number of thioether (sulfide) groups is 1. The van der Waals surface area contributed by atoms with Gasteiger partial charge in [0.25, 0.3) is 0 Å². The highest BCUT2D eigenvalue weighted by Gasteiger charge is 2.00. The van der Waals surface area contributed by atoms with Crippen LogP contribution in [0.2, 0.25) is 0 Å². The van der Waals surface area contributed by atoms with Gasteiger partial charge in [-0.1, -0.05) is 57.5 Å². The van der Waals surface area contributed by atoms with Gasteiger partial charge in [-0.2, -0.15) is 0 Å². The van der Waals surface area contributed by atoms with Crippen molar-refractivity contribution in [3.63, 3.8) is 0 Å². The summed E-state index contributed by atoms with van der Waals surface area (Å²) in [5.74, 6) is 0.0320. The molecule has 0 spiro atoms. The van der Waals surface area contributed by atoms with E-state index < -0.39 is 0 Å². The number of hydrogen-bond donors (Lipinski definition) is 0. The molecule has 0 atom stereocenters. The van der Waals surface area contributed by atoms with E-state index in [4.69, 9.17) is 0 Å². The molecule has 3 heteroatoms. The fourth-order valence-corrected chi connectivity index (χ4v) is 2.41. The van der Waals surface area contributed by atoms with Crippen molar-refractivity contribution < 1.29 is 4.79 Å². The summed E-state index contributed by atoms with van der Waals surface area (Å²) in [4.78, 5) is 13.0. The summed E-state index contributed by atoms with van der Waals surface area (Å²) in [5.41, 5.74) is 1.88. The van der Waals surface area contributed by atoms with Gasteiger partial charge >= 0.3 is 0 Å². The summed E-state index contributed by atoms with van der Waals surface area (Å²) >= 11 is 4.92. The van der Waals surface area contributed by atoms with Crippen LogP contribution in [0.15, 0.2) is 69.4 Å². The Bertz CT molecular complexity index is 585. The molecule has 0 aliphatic heterocycles. The number of allylic oxidation sites excluding steroid dienone is 1. The van der Waals surface area contributed by atoms with E-state index in [1.807, 2.05) is 60.9 Å². The molecule has 0 N–H and O–H groups in total. The molecule has 0 aromatic heterocycles. The molecule has 96 valence electrons. The van der Waals surface area contributed by atoms with E-state index in [2.05, 4.69) is 15.9 Å². The van der Waals surface area contributed by atoms with Crippen LogP contribution in [0, 0.1) is 6.92 Å². The van der Waals surface area contributed by atoms with Crippen LogP contribution in [-0.4, -0.2) is 5.78 Å². The first-order valence-corrected chi connectivity index (χ1v) is 7.52. The fraction of sp³-hybridized carbons (Fsp3) is 0.0625. The van der Waals surface area contributed by atoms with Crippen molar-refractivity contribution in [2.24, 2.45) is 0 Å². The van der Waals surface area contributed by atoms with Gasteiger partial charge in [0.1, 0.15) is 0 Å². The minimum atomic E-state index is 0.0320. The van der Waals surface area contributed by atoms with Crippen LogP contribution in [0.25, 0.3) is 0 Å². The zero-order valence-corrected chi connectivity index (χ0v) is 12.9. The van der Waals surface area contributed by atoms with E-state index in [1.54, 1.807) is 6.08 Å². The average Bonchev–Trinajstić information content (AvgIpc) is 2.41. The van der Waals surface area contributed by atoms with Crippen LogP contribution < -0.4 is 0 Å². The van der Waals surface area contributed by atoms with Crippen molar-refractivity contribution in [3.05, 3.63) is 75.6 Å². The summed E-state index contributed by atoms with van der Waals surface area (Å²) in [7, 11) is 0. The maximum atomic E-state index is 11.9. The molecular weight excluding hydrogens is 320 g/mol. The zero-order valence-electron chi connectivity index (χ0n) is 10.5. The first-order valence-electron chi connectivity index (χ1n) is 5.85. The molecule has 0 aliphatic carbocycles. The van der Waals surface area contributed by atoms with E-state index in [9.17, 15) is 4.79 Å². The summed E-state index contributed by atoms with van der Waals surface area (Å²) < 4.78 is 1.05. The highest BCUT2D eigenvalue weighted by atomic mass is 79.9. The standard InChI is InChI=1S/C16H13BrOS/c1-12-2-4-13(5-3-12)16(18)10-11-19-15-8-6-14(17)7-9-15/h2-11H,1H3/b11-10+. The average molecular weight is 333 g/mol. The molecule has 0 radical (unpaired) electrons. The monoisotopic (exact) mass is 332 g/mol. The van der Waals surface area contributed by atoms with E-state index in [-0.39, 0.29) is 5.78 Å². The Balaban J connectivity index is 1.97. The van der Waals surface area contributed by atoms with E-state index in [0.717, 1.165) is 20.5 Å². The summed E-state index contributed by atoms with van der Waals surface area (Å²) in [6.07, 6.45) is 1.61. The highest BCUT2D eigenvalue weighted by Crippen LogP contribution is 2.21. The minimum Gasteiger partial charge on any atom is -0.289 e. The SMILES string of the molecule is Cc1ccc(C(=O)/C=C/Sc2ccc(Br)cc2)cc1. The molecule has 19 heavy (non-hydrogen) atoms. The Morgan fingerprint density at radius 3 is 2.32 bits per heavy atom. The Kier molecular flexibility index (Phi) is 5.00. The van der Waals surface area contributed by atoms with E-state index in [0.29, 0.717) is 0 Å². The number of halogens is 1. The van der Waals surface area contributed by atoms with Gasteiger partial charge in [-0.25, -0.2) is 0 Å². The van der Waals surface area contributed by atoms with Crippen LogP contribution in [0.4, 0.5) is 0 Å². The highest BCUT2D eigenvalue weighted by molar-refractivity contribution is 9.10. The van der Waals surface area contributed by atoms with Gasteiger partial charge < -0.3 is 0 Å². The molecule has 1 nitrogen and oxygen atoms in total. The summed E-state index contributed by atoms with van der Waals surface area (Å²) in [6.45, 7) is 2.01. The molecule has 0 saturated carbocycles. The van der Waals surface area contributed by atoms with Gasteiger partial charge in [-0.3, -0.25) is 4.79 Å². The molecule has 2 aromatic carbocycles. The first kappa shape index (κ1) is 14.1. The molecule has 0 saturated heterocycles. The van der Waals surface area contributed by atoms with E-state index in [1.165, 1.54) is 11.8 Å². The third-order valence-corrected chi connectivity index (χ3v) is 3.92. The quantitative estimate of drug-likeness (QED) is 0.432. The van der Waals surface area contributed by atoms with Crippen molar-refractivity contribution in [2.45, 2.75) is 11.8 Å². The molecule has 2 rings (SSSR count). The second kappa shape index (κ2) is 6.73. The van der Waals surface area contributed by atoms with Crippen molar-refractivity contribution in [1.29, 1.82) is 0 Å². The largest absolute Gasteiger partial charge is 0.289 e. The summed E-state index contributed by atoms with van der Waals surface area (Å²) in [5, 5.41) is 1.82. The second-order valence-corrected chi connectivity index (χ2v) is 6.00. The molecule has 0 aliphatic rings. The van der Waals surface area contributed by atoms with Crippen LogP contribution in [0.3, 0.4) is 0 Å². The molecule has 2 aromatic rings. The molecular formula is C16H13BrOS. The van der Waals surface area contributed by atoms with Gasteiger partial charge in [-0.05, 0) is 42.7 Å². The van der Waals surface area contributed by atoms with Crippen molar-refractivity contribution >= 4 is 33.5 Å². The predicted octanol–water partition coefficient (Wildman–Crippen LogP) is 5.25. The Hall–Kier alpha value is -1.32. The third kappa shape index (κ3) is 4.37. The van der Waals surface area contributed by atoms with E-state index >= 15 is 0 Å². The van der Waals surface area contributed by atoms with Crippen LogP contribution in [-0.2, 0) is 0 Å². The third-order valence-electron chi connectivity index (χ3n) is 2.57. The number of benzene rings is 2. The number of aryl methyl sites for hydroxylation is 1. The van der Waals surface area contributed by atoms with Gasteiger partial charge in [0, 0.05) is 14.9 Å². The number of carbonyl (C=O) groups is 1. The van der Waals surface area contributed by atoms with Gasteiger partial charge in [-0.15, -0.1) is 0 Å². The van der Waals surface area contributed by atoms with Gasteiger partial charge in [0.05, 0.1) is 0 Å². The second-order valence-electron chi connectivity index (χ2n) is 4.10. The first-order chi connectivity index (χ1) is 9.15. The molecule has 0 fully saturated rings.